The Kier molecular flexibility index (Phi) is 4.74. The molecule has 2 rings (SSSR count). The Hall–Kier alpha value is -1.61. The fourth-order valence-corrected chi connectivity index (χ4v) is 2.45. The van der Waals surface area contributed by atoms with Gasteiger partial charge in [-0.05, 0) is 44.0 Å². The number of nitrogens with one attached hydrogen (secondary N) is 1. The number of nitrogens with zero attached hydrogens (tertiary/aromatic N) is 1. The van der Waals surface area contributed by atoms with Gasteiger partial charge in [0.15, 0.2) is 0 Å². The number of hydrogen-bond acceptors (Lipinski definition) is 2. The molecule has 1 heterocycles. The van der Waals surface area contributed by atoms with Crippen molar-refractivity contribution in [2.75, 3.05) is 20.1 Å². The number of aryl methyl sites for hydroxylation is 1. The first-order chi connectivity index (χ1) is 9.20. The van der Waals surface area contributed by atoms with Crippen LogP contribution in [-0.4, -0.2) is 37.0 Å². The molecular formula is C16H22N2O. The number of amides is 1. The van der Waals surface area contributed by atoms with Gasteiger partial charge in [0, 0.05) is 25.2 Å². The van der Waals surface area contributed by atoms with Crippen LogP contribution in [0.5, 0.6) is 0 Å². The van der Waals surface area contributed by atoms with Crippen molar-refractivity contribution in [3.05, 3.63) is 41.5 Å². The number of carbonyl (C=O) groups excluding carboxylic acids is 1. The van der Waals surface area contributed by atoms with E-state index in [1.165, 1.54) is 5.56 Å². The topological polar surface area (TPSA) is 32.3 Å². The predicted molar refractivity (Wildman–Crippen MR) is 78.9 cm³/mol. The Bertz CT molecular complexity index is 468. The van der Waals surface area contributed by atoms with E-state index < -0.39 is 0 Å². The molecule has 0 radical (unpaired) electrons. The molecule has 1 amide bonds. The van der Waals surface area contributed by atoms with Gasteiger partial charge in [0.05, 0.1) is 0 Å². The molecule has 0 saturated carbocycles. The Balaban J connectivity index is 1.99. The van der Waals surface area contributed by atoms with Crippen LogP contribution in [0.15, 0.2) is 30.3 Å². The van der Waals surface area contributed by atoms with Crippen LogP contribution >= 0.6 is 0 Å². The molecule has 1 aromatic rings. The van der Waals surface area contributed by atoms with E-state index in [2.05, 4.69) is 18.3 Å². The quantitative estimate of drug-likeness (QED) is 0.843. The molecule has 3 heteroatoms. The average Bonchev–Trinajstić information content (AvgIpc) is 2.46. The Morgan fingerprint density at radius 2 is 2.21 bits per heavy atom. The lowest BCUT2D eigenvalue weighted by Crippen LogP contribution is -2.46. The second-order valence-corrected chi connectivity index (χ2v) is 5.10. The van der Waals surface area contributed by atoms with Crippen molar-refractivity contribution in [1.82, 2.24) is 10.2 Å². The number of piperidine rings is 1. The van der Waals surface area contributed by atoms with Crippen LogP contribution in [-0.2, 0) is 4.79 Å². The van der Waals surface area contributed by atoms with Crippen LogP contribution in [0.25, 0.3) is 6.08 Å². The van der Waals surface area contributed by atoms with Gasteiger partial charge in [0.2, 0.25) is 5.91 Å². The lowest BCUT2D eigenvalue weighted by Gasteiger charge is -2.31. The standard InChI is InChI=1S/C16H22N2O/c1-13-6-3-4-7-14(13)9-10-16(19)18-11-5-8-15(12-18)17-2/h3-4,6-7,9-10,15,17H,5,8,11-12H2,1-2H3. The zero-order valence-electron chi connectivity index (χ0n) is 11.7. The molecule has 0 aromatic heterocycles. The van der Waals surface area contributed by atoms with E-state index >= 15 is 0 Å². The molecule has 1 aromatic carbocycles. The van der Waals surface area contributed by atoms with Gasteiger partial charge in [-0.1, -0.05) is 24.3 Å². The molecule has 0 spiro atoms. The van der Waals surface area contributed by atoms with Gasteiger partial charge in [-0.3, -0.25) is 4.79 Å². The summed E-state index contributed by atoms with van der Waals surface area (Å²) < 4.78 is 0. The molecule has 1 aliphatic heterocycles. The van der Waals surface area contributed by atoms with Gasteiger partial charge in [0.25, 0.3) is 0 Å². The van der Waals surface area contributed by atoms with Gasteiger partial charge < -0.3 is 10.2 Å². The monoisotopic (exact) mass is 258 g/mol. The molecule has 1 fully saturated rings. The molecule has 1 atom stereocenters. The molecule has 19 heavy (non-hydrogen) atoms. The fraction of sp³-hybridized carbons (Fsp3) is 0.438. The average molecular weight is 258 g/mol. The number of likely N-dealkylation sites (N-methyl/N-ethyl adjacent to an activating group) is 1. The maximum Gasteiger partial charge on any atom is 0.246 e. The molecule has 1 saturated heterocycles. The molecule has 1 unspecified atom stereocenters. The second-order valence-electron chi connectivity index (χ2n) is 5.10. The van der Waals surface area contributed by atoms with Crippen molar-refractivity contribution in [2.45, 2.75) is 25.8 Å². The highest BCUT2D eigenvalue weighted by molar-refractivity contribution is 5.92. The van der Waals surface area contributed by atoms with Gasteiger partial charge >= 0.3 is 0 Å². The smallest absolute Gasteiger partial charge is 0.246 e. The highest BCUT2D eigenvalue weighted by Crippen LogP contribution is 2.12. The van der Waals surface area contributed by atoms with Crippen molar-refractivity contribution in [1.29, 1.82) is 0 Å². The second kappa shape index (κ2) is 6.53. The summed E-state index contributed by atoms with van der Waals surface area (Å²) in [6.07, 6.45) is 5.85. The van der Waals surface area contributed by atoms with E-state index in [4.69, 9.17) is 0 Å². The zero-order chi connectivity index (χ0) is 13.7. The fourth-order valence-electron chi connectivity index (χ4n) is 2.45. The Labute approximate surface area is 115 Å². The lowest BCUT2D eigenvalue weighted by atomic mass is 10.1. The first-order valence-electron chi connectivity index (χ1n) is 6.90. The predicted octanol–water partition coefficient (Wildman–Crippen LogP) is 2.22. The van der Waals surface area contributed by atoms with Gasteiger partial charge in [0.1, 0.15) is 0 Å². The summed E-state index contributed by atoms with van der Waals surface area (Å²) >= 11 is 0. The molecule has 0 bridgehead atoms. The molecule has 102 valence electrons. The number of likely N-dealkylation sites (tertiary alicyclic amines) is 1. The summed E-state index contributed by atoms with van der Waals surface area (Å²) in [7, 11) is 1.96. The van der Waals surface area contributed by atoms with E-state index in [-0.39, 0.29) is 5.91 Å². The maximum absolute atomic E-state index is 12.2. The highest BCUT2D eigenvalue weighted by Gasteiger charge is 2.20. The number of hydrogen-bond donors (Lipinski definition) is 1. The van der Waals surface area contributed by atoms with Crippen molar-refractivity contribution in [3.8, 4) is 0 Å². The van der Waals surface area contributed by atoms with E-state index in [0.29, 0.717) is 6.04 Å². The largest absolute Gasteiger partial charge is 0.338 e. The molecule has 1 N–H and O–H groups in total. The third kappa shape index (κ3) is 3.67. The normalized spacial score (nSPS) is 19.9. The number of benzene rings is 1. The Morgan fingerprint density at radius 3 is 2.95 bits per heavy atom. The summed E-state index contributed by atoms with van der Waals surface area (Å²) in [5.74, 6) is 0.114. The SMILES string of the molecule is CNC1CCCN(C(=O)C=Cc2ccccc2C)C1. The molecular weight excluding hydrogens is 236 g/mol. The minimum absolute atomic E-state index is 0.114. The summed E-state index contributed by atoms with van der Waals surface area (Å²) in [5.41, 5.74) is 2.30. The van der Waals surface area contributed by atoms with Gasteiger partial charge in [-0.15, -0.1) is 0 Å². The van der Waals surface area contributed by atoms with Crippen molar-refractivity contribution < 1.29 is 4.79 Å². The van der Waals surface area contributed by atoms with E-state index in [1.807, 2.05) is 36.2 Å². The van der Waals surface area contributed by atoms with Crippen LogP contribution in [0.1, 0.15) is 24.0 Å². The zero-order valence-corrected chi connectivity index (χ0v) is 11.7. The number of rotatable bonds is 3. The van der Waals surface area contributed by atoms with E-state index in [9.17, 15) is 4.79 Å². The highest BCUT2D eigenvalue weighted by atomic mass is 16.2. The summed E-state index contributed by atoms with van der Waals surface area (Å²) in [6, 6.07) is 8.53. The molecule has 1 aliphatic rings. The molecule has 0 aliphatic carbocycles. The maximum atomic E-state index is 12.2. The minimum Gasteiger partial charge on any atom is -0.338 e. The van der Waals surface area contributed by atoms with Crippen molar-refractivity contribution in [2.24, 2.45) is 0 Å². The first kappa shape index (κ1) is 13.8. The third-order valence-corrected chi connectivity index (χ3v) is 3.74. The van der Waals surface area contributed by atoms with Crippen LogP contribution in [0, 0.1) is 6.92 Å². The molecule has 3 nitrogen and oxygen atoms in total. The van der Waals surface area contributed by atoms with Crippen LogP contribution in [0.2, 0.25) is 0 Å². The minimum atomic E-state index is 0.114. The first-order valence-corrected chi connectivity index (χ1v) is 6.90. The van der Waals surface area contributed by atoms with Crippen molar-refractivity contribution >= 4 is 12.0 Å². The summed E-state index contributed by atoms with van der Waals surface area (Å²) in [6.45, 7) is 3.74. The van der Waals surface area contributed by atoms with E-state index in [0.717, 1.165) is 31.5 Å². The summed E-state index contributed by atoms with van der Waals surface area (Å²) in [4.78, 5) is 14.1. The van der Waals surface area contributed by atoms with Crippen molar-refractivity contribution in [3.63, 3.8) is 0 Å². The summed E-state index contributed by atoms with van der Waals surface area (Å²) in [5, 5.41) is 3.25. The lowest BCUT2D eigenvalue weighted by molar-refractivity contribution is -0.127. The number of carbonyl (C=O) groups is 1. The van der Waals surface area contributed by atoms with Crippen LogP contribution in [0.3, 0.4) is 0 Å². The van der Waals surface area contributed by atoms with Gasteiger partial charge in [-0.25, -0.2) is 0 Å². The third-order valence-electron chi connectivity index (χ3n) is 3.74. The van der Waals surface area contributed by atoms with Gasteiger partial charge in [-0.2, -0.15) is 0 Å². The van der Waals surface area contributed by atoms with Crippen LogP contribution < -0.4 is 5.32 Å². The van der Waals surface area contributed by atoms with Crippen LogP contribution in [0.4, 0.5) is 0 Å². The van der Waals surface area contributed by atoms with E-state index in [1.54, 1.807) is 6.08 Å². The Morgan fingerprint density at radius 1 is 1.42 bits per heavy atom.